The van der Waals surface area contributed by atoms with Gasteiger partial charge in [0.1, 0.15) is 17.2 Å². The highest BCUT2D eigenvalue weighted by Crippen LogP contribution is 2.33. The van der Waals surface area contributed by atoms with Gasteiger partial charge < -0.3 is 19.4 Å². The van der Waals surface area contributed by atoms with E-state index in [1.54, 1.807) is 31.2 Å². The standard InChI is InChI=1S/C16H12N2O5/c1-9-17-18-15(22-9)13-6-5-12(8-14(13)19)23-11-4-2-3-10(7-11)16(20)21/h2-8,19H,1H3,(H,20,21). The number of carboxylic acid groups (broad SMARTS) is 1. The summed E-state index contributed by atoms with van der Waals surface area (Å²) in [7, 11) is 0. The number of hydrogen-bond donors (Lipinski definition) is 2. The maximum atomic E-state index is 10.9. The molecule has 0 aliphatic carbocycles. The van der Waals surface area contributed by atoms with Crippen molar-refractivity contribution in [2.24, 2.45) is 0 Å². The van der Waals surface area contributed by atoms with Gasteiger partial charge >= 0.3 is 5.97 Å². The van der Waals surface area contributed by atoms with E-state index in [4.69, 9.17) is 14.3 Å². The molecule has 1 aromatic heterocycles. The molecule has 2 aromatic carbocycles. The van der Waals surface area contributed by atoms with Crippen LogP contribution in [0, 0.1) is 6.92 Å². The second-order valence-electron chi connectivity index (χ2n) is 4.74. The van der Waals surface area contributed by atoms with Crippen LogP contribution in [-0.2, 0) is 0 Å². The maximum Gasteiger partial charge on any atom is 0.335 e. The van der Waals surface area contributed by atoms with Gasteiger partial charge in [-0.3, -0.25) is 0 Å². The molecule has 1 heterocycles. The van der Waals surface area contributed by atoms with E-state index >= 15 is 0 Å². The molecule has 2 N–H and O–H groups in total. The predicted molar refractivity (Wildman–Crippen MR) is 79.6 cm³/mol. The Balaban J connectivity index is 1.86. The summed E-state index contributed by atoms with van der Waals surface area (Å²) < 4.78 is 10.8. The van der Waals surface area contributed by atoms with Crippen molar-refractivity contribution in [1.82, 2.24) is 10.2 Å². The molecule has 0 amide bonds. The van der Waals surface area contributed by atoms with Crippen molar-refractivity contribution >= 4 is 5.97 Å². The molecular formula is C16H12N2O5. The summed E-state index contributed by atoms with van der Waals surface area (Å²) in [4.78, 5) is 10.9. The van der Waals surface area contributed by atoms with Gasteiger partial charge in [0, 0.05) is 13.0 Å². The van der Waals surface area contributed by atoms with Gasteiger partial charge in [0.2, 0.25) is 5.89 Å². The Labute approximate surface area is 130 Å². The molecule has 3 rings (SSSR count). The normalized spacial score (nSPS) is 10.5. The number of nitrogens with zero attached hydrogens (tertiary/aromatic N) is 2. The van der Waals surface area contributed by atoms with Crippen LogP contribution in [0.1, 0.15) is 16.2 Å². The van der Waals surface area contributed by atoms with E-state index in [1.165, 1.54) is 18.2 Å². The highest BCUT2D eigenvalue weighted by atomic mass is 16.5. The first-order valence-electron chi connectivity index (χ1n) is 6.67. The number of ether oxygens (including phenoxy) is 1. The number of rotatable bonds is 4. The molecule has 0 unspecified atom stereocenters. The van der Waals surface area contributed by atoms with Gasteiger partial charge in [-0.2, -0.15) is 0 Å². The number of aromatic nitrogens is 2. The second-order valence-corrected chi connectivity index (χ2v) is 4.74. The molecule has 0 spiro atoms. The van der Waals surface area contributed by atoms with E-state index in [2.05, 4.69) is 10.2 Å². The zero-order valence-corrected chi connectivity index (χ0v) is 12.1. The van der Waals surface area contributed by atoms with E-state index in [9.17, 15) is 9.90 Å². The number of carbonyl (C=O) groups is 1. The van der Waals surface area contributed by atoms with Crippen LogP contribution in [0.2, 0.25) is 0 Å². The summed E-state index contributed by atoms with van der Waals surface area (Å²) in [6, 6.07) is 10.7. The molecule has 0 radical (unpaired) electrons. The minimum Gasteiger partial charge on any atom is -0.507 e. The van der Waals surface area contributed by atoms with Gasteiger partial charge in [0.05, 0.1) is 11.1 Å². The summed E-state index contributed by atoms with van der Waals surface area (Å²) in [5, 5.41) is 26.6. The lowest BCUT2D eigenvalue weighted by Crippen LogP contribution is -1.96. The smallest absolute Gasteiger partial charge is 0.335 e. The number of phenols is 1. The predicted octanol–water partition coefficient (Wildman–Crippen LogP) is 3.24. The number of phenolic OH excluding ortho intramolecular Hbond substituents is 1. The maximum absolute atomic E-state index is 10.9. The first-order valence-corrected chi connectivity index (χ1v) is 6.67. The van der Waals surface area contributed by atoms with E-state index in [1.807, 2.05) is 0 Å². The van der Waals surface area contributed by atoms with Crippen LogP contribution in [0.5, 0.6) is 17.2 Å². The summed E-state index contributed by atoms with van der Waals surface area (Å²) >= 11 is 0. The Morgan fingerprint density at radius 3 is 2.57 bits per heavy atom. The Kier molecular flexibility index (Phi) is 3.68. The summed E-state index contributed by atoms with van der Waals surface area (Å²) in [6.07, 6.45) is 0. The third-order valence-electron chi connectivity index (χ3n) is 3.04. The molecule has 116 valence electrons. The van der Waals surface area contributed by atoms with Crippen LogP contribution in [0.3, 0.4) is 0 Å². The molecule has 0 fully saturated rings. The van der Waals surface area contributed by atoms with Crippen molar-refractivity contribution in [3.63, 3.8) is 0 Å². The molecular weight excluding hydrogens is 300 g/mol. The first-order chi connectivity index (χ1) is 11.0. The second kappa shape index (κ2) is 5.80. The average Bonchev–Trinajstić information content (AvgIpc) is 2.94. The Bertz CT molecular complexity index is 872. The third-order valence-corrected chi connectivity index (χ3v) is 3.04. The number of hydrogen-bond acceptors (Lipinski definition) is 6. The summed E-state index contributed by atoms with van der Waals surface area (Å²) in [5.41, 5.74) is 0.502. The minimum absolute atomic E-state index is 0.0828. The van der Waals surface area contributed by atoms with Crippen LogP contribution < -0.4 is 4.74 Å². The van der Waals surface area contributed by atoms with Crippen molar-refractivity contribution in [1.29, 1.82) is 0 Å². The van der Waals surface area contributed by atoms with Gasteiger partial charge in [-0.15, -0.1) is 10.2 Å². The largest absolute Gasteiger partial charge is 0.507 e. The summed E-state index contributed by atoms with van der Waals surface area (Å²) in [6.45, 7) is 1.65. The van der Waals surface area contributed by atoms with Crippen LogP contribution in [0.15, 0.2) is 46.9 Å². The molecule has 3 aromatic rings. The lowest BCUT2D eigenvalue weighted by molar-refractivity contribution is 0.0696. The topological polar surface area (TPSA) is 106 Å². The van der Waals surface area contributed by atoms with Crippen LogP contribution in [0.4, 0.5) is 0 Å². The number of carboxylic acids is 1. The zero-order valence-electron chi connectivity index (χ0n) is 12.1. The van der Waals surface area contributed by atoms with Gasteiger partial charge in [-0.1, -0.05) is 6.07 Å². The van der Waals surface area contributed by atoms with E-state index in [0.29, 0.717) is 23.0 Å². The summed E-state index contributed by atoms with van der Waals surface area (Å²) in [5.74, 6) is 0.182. The van der Waals surface area contributed by atoms with E-state index in [-0.39, 0.29) is 17.2 Å². The highest BCUT2D eigenvalue weighted by molar-refractivity contribution is 5.88. The van der Waals surface area contributed by atoms with Gasteiger partial charge in [-0.25, -0.2) is 4.79 Å². The molecule has 0 atom stereocenters. The minimum atomic E-state index is -1.04. The Morgan fingerprint density at radius 2 is 1.91 bits per heavy atom. The first kappa shape index (κ1) is 14.6. The third kappa shape index (κ3) is 3.13. The molecule has 7 heteroatoms. The number of aryl methyl sites for hydroxylation is 1. The van der Waals surface area contributed by atoms with E-state index < -0.39 is 5.97 Å². The molecule has 0 aliphatic heterocycles. The molecule has 7 nitrogen and oxygen atoms in total. The molecule has 0 saturated carbocycles. The molecule has 23 heavy (non-hydrogen) atoms. The van der Waals surface area contributed by atoms with Crippen LogP contribution in [-0.4, -0.2) is 26.4 Å². The van der Waals surface area contributed by atoms with Crippen LogP contribution >= 0.6 is 0 Å². The van der Waals surface area contributed by atoms with Crippen molar-refractivity contribution in [2.75, 3.05) is 0 Å². The monoisotopic (exact) mass is 312 g/mol. The lowest BCUT2D eigenvalue weighted by atomic mass is 10.2. The molecule has 0 bridgehead atoms. The SMILES string of the molecule is Cc1nnc(-c2ccc(Oc3cccc(C(=O)O)c3)cc2O)o1. The molecule has 0 aliphatic rings. The van der Waals surface area contributed by atoms with Crippen molar-refractivity contribution in [3.8, 4) is 28.7 Å². The quantitative estimate of drug-likeness (QED) is 0.761. The zero-order chi connectivity index (χ0) is 16.4. The lowest BCUT2D eigenvalue weighted by Gasteiger charge is -2.08. The van der Waals surface area contributed by atoms with Crippen LogP contribution in [0.25, 0.3) is 11.5 Å². The number of aromatic carboxylic acids is 1. The Hall–Kier alpha value is -3.35. The molecule has 0 saturated heterocycles. The average molecular weight is 312 g/mol. The van der Waals surface area contributed by atoms with E-state index in [0.717, 1.165) is 0 Å². The fourth-order valence-corrected chi connectivity index (χ4v) is 1.99. The highest BCUT2D eigenvalue weighted by Gasteiger charge is 2.12. The Morgan fingerprint density at radius 1 is 1.13 bits per heavy atom. The fourth-order valence-electron chi connectivity index (χ4n) is 1.99. The van der Waals surface area contributed by atoms with Gasteiger partial charge in [-0.05, 0) is 30.3 Å². The van der Waals surface area contributed by atoms with Crippen molar-refractivity contribution in [2.45, 2.75) is 6.92 Å². The van der Waals surface area contributed by atoms with Gasteiger partial charge in [0.15, 0.2) is 0 Å². The number of aromatic hydroxyl groups is 1. The van der Waals surface area contributed by atoms with Crippen molar-refractivity contribution in [3.05, 3.63) is 53.9 Å². The van der Waals surface area contributed by atoms with Gasteiger partial charge in [0.25, 0.3) is 5.89 Å². The van der Waals surface area contributed by atoms with Crippen molar-refractivity contribution < 1.29 is 24.2 Å². The fraction of sp³-hybridized carbons (Fsp3) is 0.0625. The number of benzene rings is 2.